The number of rotatable bonds is 9. The topological polar surface area (TPSA) is 69.8 Å². The van der Waals surface area contributed by atoms with Crippen molar-refractivity contribution >= 4 is 41.7 Å². The molecular weight excluding hydrogens is 437 g/mol. The number of thioether (sulfide) groups is 1. The van der Waals surface area contributed by atoms with Crippen molar-refractivity contribution in [3.8, 4) is 0 Å². The molecule has 0 aliphatic carbocycles. The largest absolute Gasteiger partial charge is 0.466 e. The quantitative estimate of drug-likeness (QED) is 0.224. The molecule has 0 saturated carbocycles. The van der Waals surface area contributed by atoms with Gasteiger partial charge in [0.15, 0.2) is 5.96 Å². The number of aryl methyl sites for hydroxylation is 2. The lowest BCUT2D eigenvalue weighted by molar-refractivity contribution is 0.0657. The predicted octanol–water partition coefficient (Wildman–Crippen LogP) is 3.42. The van der Waals surface area contributed by atoms with Gasteiger partial charge in [-0.15, -0.1) is 24.0 Å². The van der Waals surface area contributed by atoms with Crippen LogP contribution in [0.2, 0.25) is 0 Å². The second-order valence-corrected chi connectivity index (χ2v) is 6.91. The van der Waals surface area contributed by atoms with Crippen molar-refractivity contribution in [2.45, 2.75) is 46.1 Å². The first-order chi connectivity index (χ1) is 10.9. The van der Waals surface area contributed by atoms with Crippen LogP contribution >= 0.6 is 35.7 Å². The minimum Gasteiger partial charge on any atom is -0.466 e. The zero-order valence-electron chi connectivity index (χ0n) is 15.4. The zero-order chi connectivity index (χ0) is 17.3. The minimum atomic E-state index is -1.04. The van der Waals surface area contributed by atoms with E-state index >= 15 is 0 Å². The Labute approximate surface area is 167 Å². The SMILES string of the molecule is CCNC(=NCC(C)(O)c1cc(C)oc1C)NCCCCSC.I. The molecule has 140 valence electrons. The van der Waals surface area contributed by atoms with E-state index in [1.54, 1.807) is 6.92 Å². The Kier molecular flexibility index (Phi) is 11.8. The molecule has 0 amide bonds. The Morgan fingerprint density at radius 3 is 2.58 bits per heavy atom. The molecule has 7 heteroatoms. The summed E-state index contributed by atoms with van der Waals surface area (Å²) < 4.78 is 5.52. The smallest absolute Gasteiger partial charge is 0.191 e. The summed E-state index contributed by atoms with van der Waals surface area (Å²) in [5, 5.41) is 17.2. The number of halogens is 1. The lowest BCUT2D eigenvalue weighted by Gasteiger charge is -2.21. The summed E-state index contributed by atoms with van der Waals surface area (Å²) in [6, 6.07) is 1.88. The van der Waals surface area contributed by atoms with Crippen LogP contribution < -0.4 is 10.6 Å². The zero-order valence-corrected chi connectivity index (χ0v) is 18.6. The third-order valence-corrected chi connectivity index (χ3v) is 4.28. The molecule has 0 spiro atoms. The Bertz CT molecular complexity index is 504. The van der Waals surface area contributed by atoms with Crippen LogP contribution in [-0.4, -0.2) is 42.7 Å². The normalized spacial score (nSPS) is 14.0. The Morgan fingerprint density at radius 1 is 1.33 bits per heavy atom. The van der Waals surface area contributed by atoms with E-state index in [1.807, 2.05) is 38.6 Å². The first-order valence-corrected chi connectivity index (χ1v) is 9.61. The molecule has 0 fully saturated rings. The summed E-state index contributed by atoms with van der Waals surface area (Å²) in [7, 11) is 0. The Hall–Kier alpha value is -0.410. The van der Waals surface area contributed by atoms with Gasteiger partial charge >= 0.3 is 0 Å². The van der Waals surface area contributed by atoms with Gasteiger partial charge < -0.3 is 20.2 Å². The second-order valence-electron chi connectivity index (χ2n) is 5.92. The summed E-state index contributed by atoms with van der Waals surface area (Å²) in [6.07, 6.45) is 4.43. The standard InChI is InChI=1S/C17H31N3O2S.HI/c1-6-18-16(19-9-7-8-10-23-5)20-12-17(4,21)15-11-13(2)22-14(15)3;/h11,21H,6-10,12H2,1-5H3,(H2,18,19,20);1H. The number of guanidine groups is 1. The average Bonchev–Trinajstić information content (AvgIpc) is 2.84. The van der Waals surface area contributed by atoms with Crippen molar-refractivity contribution in [1.29, 1.82) is 0 Å². The first kappa shape index (κ1) is 23.6. The molecule has 0 aliphatic heterocycles. The maximum atomic E-state index is 10.7. The number of hydrogen-bond acceptors (Lipinski definition) is 4. The van der Waals surface area contributed by atoms with Crippen molar-refractivity contribution in [2.24, 2.45) is 4.99 Å². The van der Waals surface area contributed by atoms with Crippen LogP contribution in [0.15, 0.2) is 15.5 Å². The van der Waals surface area contributed by atoms with E-state index in [0.717, 1.165) is 42.6 Å². The van der Waals surface area contributed by atoms with Gasteiger partial charge in [0, 0.05) is 18.7 Å². The molecule has 1 aromatic heterocycles. The minimum absolute atomic E-state index is 0. The van der Waals surface area contributed by atoms with Gasteiger partial charge in [-0.3, -0.25) is 0 Å². The molecule has 1 heterocycles. The molecule has 0 saturated heterocycles. The van der Waals surface area contributed by atoms with Gasteiger partial charge in [-0.05, 0) is 58.6 Å². The van der Waals surface area contributed by atoms with Crippen LogP contribution in [0.25, 0.3) is 0 Å². The number of aliphatic imine (C=N–C) groups is 1. The molecule has 0 aliphatic rings. The van der Waals surface area contributed by atoms with Gasteiger partial charge in [0.25, 0.3) is 0 Å². The molecule has 1 unspecified atom stereocenters. The van der Waals surface area contributed by atoms with Gasteiger partial charge in [0.1, 0.15) is 17.1 Å². The number of unbranched alkanes of at least 4 members (excludes halogenated alkanes) is 1. The number of furan rings is 1. The molecule has 1 aromatic rings. The van der Waals surface area contributed by atoms with E-state index in [9.17, 15) is 5.11 Å². The average molecular weight is 469 g/mol. The van der Waals surface area contributed by atoms with Crippen LogP contribution in [0.1, 0.15) is 43.8 Å². The number of aliphatic hydroxyl groups is 1. The molecule has 1 atom stereocenters. The highest BCUT2D eigenvalue weighted by molar-refractivity contribution is 14.0. The summed E-state index contributed by atoms with van der Waals surface area (Å²) in [6.45, 7) is 9.53. The summed E-state index contributed by atoms with van der Waals surface area (Å²) in [5.41, 5.74) is -0.238. The fraction of sp³-hybridized carbons (Fsp3) is 0.706. The van der Waals surface area contributed by atoms with E-state index < -0.39 is 5.60 Å². The van der Waals surface area contributed by atoms with Gasteiger partial charge in [-0.25, -0.2) is 4.99 Å². The molecule has 0 aromatic carbocycles. The van der Waals surface area contributed by atoms with Crippen LogP contribution in [0, 0.1) is 13.8 Å². The maximum Gasteiger partial charge on any atom is 0.191 e. The summed E-state index contributed by atoms with van der Waals surface area (Å²) in [5.74, 6) is 3.48. The maximum absolute atomic E-state index is 10.7. The molecule has 0 radical (unpaired) electrons. The van der Waals surface area contributed by atoms with E-state index in [0.29, 0.717) is 0 Å². The Morgan fingerprint density at radius 2 is 2.04 bits per heavy atom. The highest BCUT2D eigenvalue weighted by Crippen LogP contribution is 2.27. The van der Waals surface area contributed by atoms with Crippen molar-refractivity contribution in [2.75, 3.05) is 31.6 Å². The van der Waals surface area contributed by atoms with Crippen LogP contribution in [0.3, 0.4) is 0 Å². The highest BCUT2D eigenvalue weighted by Gasteiger charge is 2.27. The predicted molar refractivity (Wildman–Crippen MR) is 115 cm³/mol. The number of hydrogen-bond donors (Lipinski definition) is 3. The first-order valence-electron chi connectivity index (χ1n) is 8.21. The lowest BCUT2D eigenvalue weighted by atomic mass is 9.96. The Balaban J connectivity index is 0.00000529. The van der Waals surface area contributed by atoms with Gasteiger partial charge in [0.05, 0.1) is 6.54 Å². The van der Waals surface area contributed by atoms with Crippen molar-refractivity contribution < 1.29 is 9.52 Å². The van der Waals surface area contributed by atoms with Gasteiger partial charge in [-0.2, -0.15) is 11.8 Å². The van der Waals surface area contributed by atoms with E-state index in [4.69, 9.17) is 4.42 Å². The second kappa shape index (κ2) is 12.0. The fourth-order valence-electron chi connectivity index (χ4n) is 2.40. The van der Waals surface area contributed by atoms with E-state index in [1.165, 1.54) is 12.2 Å². The van der Waals surface area contributed by atoms with Crippen LogP contribution in [0.5, 0.6) is 0 Å². The summed E-state index contributed by atoms with van der Waals surface area (Å²) in [4.78, 5) is 4.53. The monoisotopic (exact) mass is 469 g/mol. The lowest BCUT2D eigenvalue weighted by Crippen LogP contribution is -2.39. The molecule has 1 rings (SSSR count). The molecule has 0 bridgehead atoms. The molecule has 5 nitrogen and oxygen atoms in total. The summed E-state index contributed by atoms with van der Waals surface area (Å²) >= 11 is 1.87. The third kappa shape index (κ3) is 8.11. The van der Waals surface area contributed by atoms with Crippen molar-refractivity contribution in [3.05, 3.63) is 23.2 Å². The molecular formula is C17H32IN3O2S. The highest BCUT2D eigenvalue weighted by atomic mass is 127. The van der Waals surface area contributed by atoms with E-state index in [2.05, 4.69) is 21.9 Å². The molecule has 24 heavy (non-hydrogen) atoms. The van der Waals surface area contributed by atoms with Crippen LogP contribution in [-0.2, 0) is 5.60 Å². The van der Waals surface area contributed by atoms with Crippen molar-refractivity contribution in [1.82, 2.24) is 10.6 Å². The third-order valence-electron chi connectivity index (χ3n) is 3.58. The van der Waals surface area contributed by atoms with Gasteiger partial charge in [-0.1, -0.05) is 0 Å². The van der Waals surface area contributed by atoms with E-state index in [-0.39, 0.29) is 30.5 Å². The van der Waals surface area contributed by atoms with Crippen LogP contribution in [0.4, 0.5) is 0 Å². The fourth-order valence-corrected chi connectivity index (χ4v) is 2.90. The molecule has 3 N–H and O–H groups in total. The van der Waals surface area contributed by atoms with Gasteiger partial charge in [0.2, 0.25) is 0 Å². The van der Waals surface area contributed by atoms with Crippen molar-refractivity contribution in [3.63, 3.8) is 0 Å². The number of nitrogens with one attached hydrogen (secondary N) is 2. The number of nitrogens with zero attached hydrogens (tertiary/aromatic N) is 1.